The summed E-state index contributed by atoms with van der Waals surface area (Å²) in [6.07, 6.45) is -0.601. The molecule has 0 saturated carbocycles. The second kappa shape index (κ2) is 3.73. The lowest BCUT2D eigenvalue weighted by Crippen LogP contribution is -2.48. The normalized spacial score (nSPS) is 45.9. The van der Waals surface area contributed by atoms with Crippen molar-refractivity contribution >= 4 is 5.97 Å². The summed E-state index contributed by atoms with van der Waals surface area (Å²) in [4.78, 5) is 11.4. The lowest BCUT2D eigenvalue weighted by Gasteiger charge is -2.34. The maximum atomic E-state index is 11.4. The lowest BCUT2D eigenvalue weighted by atomic mass is 9.69. The first-order valence-corrected chi connectivity index (χ1v) is 5.20. The predicted molar refractivity (Wildman–Crippen MR) is 50.4 cm³/mol. The Bertz CT molecular complexity index is 267. The zero-order valence-electron chi connectivity index (χ0n) is 8.68. The third-order valence-corrected chi connectivity index (χ3v) is 3.72. The largest absolute Gasteiger partial charge is 0.481 e. The zero-order valence-corrected chi connectivity index (χ0v) is 8.68. The fourth-order valence-corrected chi connectivity index (χ4v) is 2.72. The van der Waals surface area contributed by atoms with Crippen molar-refractivity contribution in [2.75, 3.05) is 19.8 Å². The Morgan fingerprint density at radius 2 is 2.20 bits per heavy atom. The molecule has 0 spiro atoms. The maximum absolute atomic E-state index is 11.4. The molecule has 2 N–H and O–H groups in total. The summed E-state index contributed by atoms with van der Waals surface area (Å²) in [7, 11) is 0. The van der Waals surface area contributed by atoms with Gasteiger partial charge in [-0.3, -0.25) is 4.79 Å². The minimum Gasteiger partial charge on any atom is -0.481 e. The Balaban J connectivity index is 2.29. The van der Waals surface area contributed by atoms with Gasteiger partial charge in [0.15, 0.2) is 0 Å². The molecule has 2 heterocycles. The average molecular weight is 216 g/mol. The molecular weight excluding hydrogens is 200 g/mol. The van der Waals surface area contributed by atoms with Crippen LogP contribution in [0.25, 0.3) is 0 Å². The zero-order chi connectivity index (χ0) is 11.1. The van der Waals surface area contributed by atoms with Gasteiger partial charge in [0.2, 0.25) is 0 Å². The average Bonchev–Trinajstić information content (AvgIpc) is 2.72. The van der Waals surface area contributed by atoms with Crippen molar-refractivity contribution in [1.82, 2.24) is 0 Å². The third-order valence-electron chi connectivity index (χ3n) is 3.72. The summed E-state index contributed by atoms with van der Waals surface area (Å²) in [5.74, 6) is -1.24. The van der Waals surface area contributed by atoms with Gasteiger partial charge in [0.05, 0.1) is 25.4 Å². The highest BCUT2D eigenvalue weighted by atomic mass is 16.5. The molecule has 0 aromatic rings. The van der Waals surface area contributed by atoms with Crippen molar-refractivity contribution in [3.63, 3.8) is 0 Å². The van der Waals surface area contributed by atoms with Crippen LogP contribution in [0.1, 0.15) is 13.3 Å². The number of carboxylic acids is 1. The molecule has 2 fully saturated rings. The van der Waals surface area contributed by atoms with Gasteiger partial charge >= 0.3 is 5.97 Å². The van der Waals surface area contributed by atoms with E-state index in [0.29, 0.717) is 19.6 Å². The molecule has 0 aromatic carbocycles. The molecular formula is C10H16O5. The standard InChI is InChI=1S/C10H16O5/c1-6-10(9(12)13,2-3-15-6)7-4-14-5-8(7)11/h6-8,11H,2-5H2,1H3,(H,12,13). The van der Waals surface area contributed by atoms with E-state index in [4.69, 9.17) is 9.47 Å². The Kier molecular flexibility index (Phi) is 2.70. The molecule has 4 atom stereocenters. The van der Waals surface area contributed by atoms with E-state index in [1.54, 1.807) is 6.92 Å². The van der Waals surface area contributed by atoms with Gasteiger partial charge in [-0.15, -0.1) is 0 Å². The van der Waals surface area contributed by atoms with Crippen LogP contribution >= 0.6 is 0 Å². The first kappa shape index (κ1) is 10.9. The van der Waals surface area contributed by atoms with Gasteiger partial charge in [-0.2, -0.15) is 0 Å². The number of carboxylic acid groups (broad SMARTS) is 1. The van der Waals surface area contributed by atoms with Gasteiger partial charge in [-0.25, -0.2) is 0 Å². The van der Waals surface area contributed by atoms with E-state index in [1.165, 1.54) is 0 Å². The fourth-order valence-electron chi connectivity index (χ4n) is 2.72. The molecule has 0 amide bonds. The second-order valence-electron chi connectivity index (χ2n) is 4.32. The van der Waals surface area contributed by atoms with Crippen LogP contribution in [0.5, 0.6) is 0 Å². The molecule has 5 heteroatoms. The molecule has 4 unspecified atom stereocenters. The van der Waals surface area contributed by atoms with Gasteiger partial charge in [0.25, 0.3) is 0 Å². The fraction of sp³-hybridized carbons (Fsp3) is 0.900. The summed E-state index contributed by atoms with van der Waals surface area (Å²) in [6, 6.07) is 0. The topological polar surface area (TPSA) is 76.0 Å². The minimum atomic E-state index is -0.976. The number of aliphatic carboxylic acids is 1. The van der Waals surface area contributed by atoms with Crippen LogP contribution in [-0.4, -0.2) is 48.2 Å². The highest BCUT2D eigenvalue weighted by Gasteiger charge is 2.57. The number of hydrogen-bond donors (Lipinski definition) is 2. The molecule has 86 valence electrons. The van der Waals surface area contributed by atoms with Gasteiger partial charge in [0.1, 0.15) is 5.41 Å². The van der Waals surface area contributed by atoms with E-state index in [-0.39, 0.29) is 18.6 Å². The Labute approximate surface area is 88.0 Å². The highest BCUT2D eigenvalue weighted by Crippen LogP contribution is 2.45. The first-order valence-electron chi connectivity index (χ1n) is 5.20. The van der Waals surface area contributed by atoms with E-state index in [0.717, 1.165) is 0 Å². The van der Waals surface area contributed by atoms with Crippen molar-refractivity contribution < 1.29 is 24.5 Å². The van der Waals surface area contributed by atoms with E-state index in [1.807, 2.05) is 0 Å². The van der Waals surface area contributed by atoms with Gasteiger partial charge in [-0.1, -0.05) is 0 Å². The van der Waals surface area contributed by atoms with E-state index >= 15 is 0 Å². The van der Waals surface area contributed by atoms with Crippen LogP contribution in [0.2, 0.25) is 0 Å². The van der Waals surface area contributed by atoms with Gasteiger partial charge < -0.3 is 19.7 Å². The molecule has 0 aliphatic carbocycles. The minimum absolute atomic E-state index is 0.229. The summed E-state index contributed by atoms with van der Waals surface area (Å²) in [5, 5.41) is 19.1. The number of aliphatic hydroxyl groups is 1. The van der Waals surface area contributed by atoms with Crippen molar-refractivity contribution in [2.45, 2.75) is 25.6 Å². The first-order chi connectivity index (χ1) is 7.09. The number of hydrogen-bond acceptors (Lipinski definition) is 4. The molecule has 2 rings (SSSR count). The summed E-state index contributed by atoms with van der Waals surface area (Å²) < 4.78 is 10.5. The van der Waals surface area contributed by atoms with Crippen LogP contribution in [0.3, 0.4) is 0 Å². The monoisotopic (exact) mass is 216 g/mol. The molecule has 5 nitrogen and oxygen atoms in total. The Morgan fingerprint density at radius 3 is 2.60 bits per heavy atom. The molecule has 15 heavy (non-hydrogen) atoms. The predicted octanol–water partition coefficient (Wildman–Crippen LogP) is -0.127. The molecule has 2 aliphatic heterocycles. The highest BCUT2D eigenvalue weighted by molar-refractivity contribution is 5.76. The number of carbonyl (C=O) groups is 1. The second-order valence-corrected chi connectivity index (χ2v) is 4.32. The summed E-state index contributed by atoms with van der Waals surface area (Å²) in [6.45, 7) is 2.73. The van der Waals surface area contributed by atoms with E-state index in [9.17, 15) is 15.0 Å². The van der Waals surface area contributed by atoms with Crippen LogP contribution in [0.4, 0.5) is 0 Å². The molecule has 0 aromatic heterocycles. The summed E-state index contributed by atoms with van der Waals surface area (Å²) in [5.41, 5.74) is -0.976. The number of aliphatic hydroxyl groups excluding tert-OH is 1. The third kappa shape index (κ3) is 1.46. The SMILES string of the molecule is CC1OCCC1(C(=O)O)C1COCC1O. The van der Waals surface area contributed by atoms with Gasteiger partial charge in [-0.05, 0) is 13.3 Å². The summed E-state index contributed by atoms with van der Waals surface area (Å²) >= 11 is 0. The quantitative estimate of drug-likeness (QED) is 0.672. The number of rotatable bonds is 2. The van der Waals surface area contributed by atoms with E-state index < -0.39 is 17.5 Å². The van der Waals surface area contributed by atoms with Crippen molar-refractivity contribution in [2.24, 2.45) is 11.3 Å². The molecule has 2 aliphatic rings. The van der Waals surface area contributed by atoms with Crippen LogP contribution in [0.15, 0.2) is 0 Å². The van der Waals surface area contributed by atoms with Crippen LogP contribution < -0.4 is 0 Å². The molecule has 0 bridgehead atoms. The molecule has 0 radical (unpaired) electrons. The molecule has 2 saturated heterocycles. The van der Waals surface area contributed by atoms with Crippen LogP contribution in [-0.2, 0) is 14.3 Å². The van der Waals surface area contributed by atoms with Crippen molar-refractivity contribution in [1.29, 1.82) is 0 Å². The lowest BCUT2D eigenvalue weighted by molar-refractivity contribution is -0.159. The number of ether oxygens (including phenoxy) is 2. The van der Waals surface area contributed by atoms with Crippen molar-refractivity contribution in [3.8, 4) is 0 Å². The van der Waals surface area contributed by atoms with Gasteiger partial charge in [0, 0.05) is 12.5 Å². The van der Waals surface area contributed by atoms with Crippen LogP contribution in [0, 0.1) is 11.3 Å². The van der Waals surface area contributed by atoms with Crippen molar-refractivity contribution in [3.05, 3.63) is 0 Å². The smallest absolute Gasteiger partial charge is 0.312 e. The van der Waals surface area contributed by atoms with E-state index in [2.05, 4.69) is 0 Å². The Morgan fingerprint density at radius 1 is 1.47 bits per heavy atom. The maximum Gasteiger partial charge on any atom is 0.312 e. The Hall–Kier alpha value is -0.650.